The van der Waals surface area contributed by atoms with E-state index in [1.807, 2.05) is 19.0 Å². The first-order chi connectivity index (χ1) is 9.52. The molecule has 0 bridgehead atoms. The summed E-state index contributed by atoms with van der Waals surface area (Å²) in [5.74, 6) is -1.69. The number of ether oxygens (including phenoxy) is 1. The first kappa shape index (κ1) is 16.1. The highest BCUT2D eigenvalue weighted by Crippen LogP contribution is 2.04. The number of carbonyl (C=O) groups is 2. The van der Waals surface area contributed by atoms with Gasteiger partial charge in [0.15, 0.2) is 0 Å². The lowest BCUT2D eigenvalue weighted by Crippen LogP contribution is -2.30. The van der Waals surface area contributed by atoms with E-state index in [1.54, 1.807) is 0 Å². The fourth-order valence-electron chi connectivity index (χ4n) is 1.43. The molecule has 0 aliphatic rings. The van der Waals surface area contributed by atoms with Crippen LogP contribution < -0.4 is 5.32 Å². The Labute approximate surface area is 117 Å². The van der Waals surface area contributed by atoms with Crippen molar-refractivity contribution in [3.63, 3.8) is 0 Å². The number of aromatic carboxylic acids is 1. The normalized spacial score (nSPS) is 10.6. The number of carboxylic acid groups (broad SMARTS) is 1. The van der Waals surface area contributed by atoms with Gasteiger partial charge < -0.3 is 20.1 Å². The molecule has 1 heterocycles. The zero-order chi connectivity index (χ0) is 15.0. The van der Waals surface area contributed by atoms with Crippen LogP contribution >= 0.6 is 0 Å². The number of rotatable bonds is 8. The molecular formula is C13H19N3O4. The van der Waals surface area contributed by atoms with Crippen molar-refractivity contribution in [1.29, 1.82) is 0 Å². The van der Waals surface area contributed by atoms with E-state index in [-0.39, 0.29) is 11.3 Å². The lowest BCUT2D eigenvalue weighted by Gasteiger charge is -2.10. The van der Waals surface area contributed by atoms with Crippen LogP contribution in [0, 0.1) is 0 Å². The Balaban J connectivity index is 2.38. The average molecular weight is 281 g/mol. The Hall–Kier alpha value is -1.99. The maximum atomic E-state index is 11.8. The van der Waals surface area contributed by atoms with Gasteiger partial charge in [-0.15, -0.1) is 0 Å². The summed E-state index contributed by atoms with van der Waals surface area (Å²) in [5.41, 5.74) is -0.202. The SMILES string of the molecule is CN(C)CCOCCNC(=O)c1ncccc1C(=O)O. The maximum Gasteiger partial charge on any atom is 0.338 e. The summed E-state index contributed by atoms with van der Waals surface area (Å²) in [4.78, 5) is 28.6. The summed E-state index contributed by atoms with van der Waals surface area (Å²) < 4.78 is 5.32. The zero-order valence-corrected chi connectivity index (χ0v) is 11.6. The molecule has 0 fully saturated rings. The summed E-state index contributed by atoms with van der Waals surface area (Å²) in [6.45, 7) is 2.06. The third-order valence-corrected chi connectivity index (χ3v) is 2.47. The van der Waals surface area contributed by atoms with Gasteiger partial charge in [0.1, 0.15) is 5.69 Å². The first-order valence-corrected chi connectivity index (χ1v) is 6.21. The lowest BCUT2D eigenvalue weighted by molar-refractivity contribution is 0.0689. The third kappa shape index (κ3) is 5.33. The van der Waals surface area contributed by atoms with Crippen molar-refractivity contribution in [1.82, 2.24) is 15.2 Å². The highest BCUT2D eigenvalue weighted by molar-refractivity contribution is 6.03. The van der Waals surface area contributed by atoms with E-state index in [1.165, 1.54) is 18.3 Å². The second-order valence-corrected chi connectivity index (χ2v) is 4.38. The van der Waals surface area contributed by atoms with Gasteiger partial charge in [-0.25, -0.2) is 4.79 Å². The Kier molecular flexibility index (Phi) is 6.61. The van der Waals surface area contributed by atoms with Crippen LogP contribution in [0.1, 0.15) is 20.8 Å². The van der Waals surface area contributed by atoms with Crippen LogP contribution in [0.2, 0.25) is 0 Å². The smallest absolute Gasteiger partial charge is 0.338 e. The second kappa shape index (κ2) is 8.23. The molecule has 110 valence electrons. The Morgan fingerprint density at radius 3 is 2.80 bits per heavy atom. The quantitative estimate of drug-likeness (QED) is 0.656. The van der Waals surface area contributed by atoms with Crippen molar-refractivity contribution in [3.8, 4) is 0 Å². The Morgan fingerprint density at radius 2 is 2.15 bits per heavy atom. The minimum Gasteiger partial charge on any atom is -0.478 e. The van der Waals surface area contributed by atoms with Gasteiger partial charge in [-0.3, -0.25) is 9.78 Å². The largest absolute Gasteiger partial charge is 0.478 e. The number of nitrogens with one attached hydrogen (secondary N) is 1. The van der Waals surface area contributed by atoms with Gasteiger partial charge in [0.2, 0.25) is 0 Å². The van der Waals surface area contributed by atoms with Crippen LogP contribution in [0.5, 0.6) is 0 Å². The Bertz CT molecular complexity index is 463. The predicted molar refractivity (Wildman–Crippen MR) is 72.9 cm³/mol. The van der Waals surface area contributed by atoms with Gasteiger partial charge >= 0.3 is 5.97 Å². The molecule has 0 atom stereocenters. The minimum atomic E-state index is -1.18. The number of nitrogens with zero attached hydrogens (tertiary/aromatic N) is 2. The van der Waals surface area contributed by atoms with Crippen molar-refractivity contribution in [2.45, 2.75) is 0 Å². The van der Waals surface area contributed by atoms with Crippen molar-refractivity contribution >= 4 is 11.9 Å². The van der Waals surface area contributed by atoms with Gasteiger partial charge in [0, 0.05) is 19.3 Å². The van der Waals surface area contributed by atoms with E-state index in [4.69, 9.17) is 9.84 Å². The van der Waals surface area contributed by atoms with Gasteiger partial charge in [0.05, 0.1) is 18.8 Å². The van der Waals surface area contributed by atoms with Crippen LogP contribution in [0.4, 0.5) is 0 Å². The van der Waals surface area contributed by atoms with Crippen molar-refractivity contribution < 1.29 is 19.4 Å². The van der Waals surface area contributed by atoms with E-state index in [9.17, 15) is 9.59 Å². The molecule has 0 saturated heterocycles. The van der Waals surface area contributed by atoms with Crippen molar-refractivity contribution in [3.05, 3.63) is 29.6 Å². The molecular weight excluding hydrogens is 262 g/mol. The monoisotopic (exact) mass is 281 g/mol. The van der Waals surface area contributed by atoms with Crippen LogP contribution in [0.25, 0.3) is 0 Å². The maximum absolute atomic E-state index is 11.8. The molecule has 7 heteroatoms. The summed E-state index contributed by atoms with van der Waals surface area (Å²) in [6, 6.07) is 2.82. The average Bonchev–Trinajstić information content (AvgIpc) is 2.42. The Morgan fingerprint density at radius 1 is 1.40 bits per heavy atom. The topological polar surface area (TPSA) is 91.8 Å². The van der Waals surface area contributed by atoms with E-state index in [0.717, 1.165) is 6.54 Å². The number of hydrogen-bond donors (Lipinski definition) is 2. The zero-order valence-electron chi connectivity index (χ0n) is 11.6. The van der Waals surface area contributed by atoms with E-state index in [0.29, 0.717) is 19.8 Å². The molecule has 0 spiro atoms. The number of hydrogen-bond acceptors (Lipinski definition) is 5. The molecule has 1 aromatic heterocycles. The molecule has 1 aromatic rings. The van der Waals surface area contributed by atoms with Crippen molar-refractivity contribution in [2.24, 2.45) is 0 Å². The second-order valence-electron chi connectivity index (χ2n) is 4.38. The van der Waals surface area contributed by atoms with Gasteiger partial charge in [0.25, 0.3) is 5.91 Å². The van der Waals surface area contributed by atoms with Crippen LogP contribution in [-0.4, -0.2) is 67.3 Å². The molecule has 0 aliphatic carbocycles. The number of pyridine rings is 1. The molecule has 20 heavy (non-hydrogen) atoms. The fourth-order valence-corrected chi connectivity index (χ4v) is 1.43. The molecule has 0 aromatic carbocycles. The first-order valence-electron chi connectivity index (χ1n) is 6.21. The molecule has 0 saturated carbocycles. The van der Waals surface area contributed by atoms with E-state index in [2.05, 4.69) is 10.3 Å². The number of aromatic nitrogens is 1. The fraction of sp³-hybridized carbons (Fsp3) is 0.462. The van der Waals surface area contributed by atoms with Crippen LogP contribution in [0.3, 0.4) is 0 Å². The summed E-state index contributed by atoms with van der Waals surface area (Å²) in [7, 11) is 3.89. The number of carboxylic acids is 1. The third-order valence-electron chi connectivity index (χ3n) is 2.47. The van der Waals surface area contributed by atoms with E-state index >= 15 is 0 Å². The summed E-state index contributed by atoms with van der Waals surface area (Å²) >= 11 is 0. The van der Waals surface area contributed by atoms with Crippen molar-refractivity contribution in [2.75, 3.05) is 40.4 Å². The van der Waals surface area contributed by atoms with Gasteiger partial charge in [-0.2, -0.15) is 0 Å². The summed E-state index contributed by atoms with van der Waals surface area (Å²) in [5, 5.41) is 11.5. The highest BCUT2D eigenvalue weighted by atomic mass is 16.5. The molecule has 0 radical (unpaired) electrons. The van der Waals surface area contributed by atoms with Gasteiger partial charge in [-0.1, -0.05) is 0 Å². The molecule has 0 unspecified atom stereocenters. The molecule has 7 nitrogen and oxygen atoms in total. The molecule has 0 aliphatic heterocycles. The number of carbonyl (C=O) groups excluding carboxylic acids is 1. The van der Waals surface area contributed by atoms with Gasteiger partial charge in [-0.05, 0) is 26.2 Å². The van der Waals surface area contributed by atoms with E-state index < -0.39 is 11.9 Å². The lowest BCUT2D eigenvalue weighted by atomic mass is 10.2. The summed E-state index contributed by atoms with van der Waals surface area (Å²) in [6.07, 6.45) is 1.38. The van der Waals surface area contributed by atoms with Crippen LogP contribution in [0.15, 0.2) is 18.3 Å². The number of amides is 1. The number of likely N-dealkylation sites (N-methyl/N-ethyl adjacent to an activating group) is 1. The minimum absolute atomic E-state index is 0.0895. The molecule has 2 N–H and O–H groups in total. The standard InChI is InChI=1S/C13H19N3O4/c1-16(2)7-9-20-8-6-15-12(17)11-10(13(18)19)4-3-5-14-11/h3-5H,6-9H2,1-2H3,(H,15,17)(H,18,19). The van der Waals surface area contributed by atoms with Crippen LogP contribution in [-0.2, 0) is 4.74 Å². The predicted octanol–water partition coefficient (Wildman–Crippen LogP) is 0.0878. The highest BCUT2D eigenvalue weighted by Gasteiger charge is 2.16. The molecule has 1 rings (SSSR count). The molecule has 1 amide bonds.